The van der Waals surface area contributed by atoms with Crippen LogP contribution in [-0.4, -0.2) is 12.0 Å². The third kappa shape index (κ3) is 3.12. The second kappa shape index (κ2) is 3.97. The molecular weight excluding hydrogens is 150 g/mol. The van der Waals surface area contributed by atoms with E-state index in [9.17, 15) is 8.78 Å². The molecule has 0 aliphatic heterocycles. The molecule has 11 heavy (non-hydrogen) atoms. The number of halogens is 2. The van der Waals surface area contributed by atoms with E-state index in [1.54, 1.807) is 6.92 Å². The lowest BCUT2D eigenvalue weighted by atomic mass is 9.95. The first-order chi connectivity index (χ1) is 4.93. The van der Waals surface area contributed by atoms with E-state index in [0.29, 0.717) is 6.42 Å². The van der Waals surface area contributed by atoms with Crippen molar-refractivity contribution in [2.24, 2.45) is 11.8 Å². The minimum Gasteiger partial charge on any atom is -0.271 e. The minimum absolute atomic E-state index is 0.111. The molecule has 0 aliphatic rings. The molecule has 0 saturated heterocycles. The average Bonchev–Trinajstić information content (AvgIpc) is 1.86. The lowest BCUT2D eigenvalue weighted by molar-refractivity contribution is -0.0365. The van der Waals surface area contributed by atoms with Gasteiger partial charge in [0, 0.05) is 6.92 Å². The van der Waals surface area contributed by atoms with Gasteiger partial charge in [-0.2, -0.15) is 0 Å². The first-order valence-electron chi connectivity index (χ1n) is 3.77. The second-order valence-electron chi connectivity index (χ2n) is 2.99. The van der Waals surface area contributed by atoms with Crippen LogP contribution in [0, 0.1) is 5.92 Å². The Morgan fingerprint density at radius 3 is 2.09 bits per heavy atom. The summed E-state index contributed by atoms with van der Waals surface area (Å²) in [4.78, 5) is 0. The van der Waals surface area contributed by atoms with Crippen molar-refractivity contribution in [3.8, 4) is 0 Å². The highest BCUT2D eigenvalue weighted by Gasteiger charge is 2.36. The molecule has 68 valence electrons. The second-order valence-corrected chi connectivity index (χ2v) is 2.99. The molecule has 0 radical (unpaired) electrons. The predicted octanol–water partition coefficient (Wildman–Crippen LogP) is 1.52. The van der Waals surface area contributed by atoms with Gasteiger partial charge >= 0.3 is 0 Å². The van der Waals surface area contributed by atoms with Crippen molar-refractivity contribution < 1.29 is 8.78 Å². The summed E-state index contributed by atoms with van der Waals surface area (Å²) in [6.07, 6.45) is 0.693. The number of rotatable bonds is 4. The fourth-order valence-electron chi connectivity index (χ4n) is 1.05. The normalized spacial score (nSPS) is 18.0. The third-order valence-corrected chi connectivity index (χ3v) is 1.94. The molecule has 0 heterocycles. The first kappa shape index (κ1) is 10.8. The van der Waals surface area contributed by atoms with Gasteiger partial charge < -0.3 is 0 Å². The highest BCUT2D eigenvalue weighted by molar-refractivity contribution is 4.81. The quantitative estimate of drug-likeness (QED) is 0.491. The number of nitrogens with one attached hydrogen (secondary N) is 1. The van der Waals surface area contributed by atoms with Crippen LogP contribution in [-0.2, 0) is 0 Å². The Labute approximate surface area is 66.1 Å². The van der Waals surface area contributed by atoms with E-state index in [1.165, 1.54) is 0 Å². The van der Waals surface area contributed by atoms with Gasteiger partial charge in [0.2, 0.25) is 0 Å². The molecule has 0 aliphatic carbocycles. The summed E-state index contributed by atoms with van der Waals surface area (Å²) in [6.45, 7) is 4.49. The molecule has 2 nitrogen and oxygen atoms in total. The first-order valence-corrected chi connectivity index (χ1v) is 3.77. The van der Waals surface area contributed by atoms with Gasteiger partial charge in [-0.05, 0) is 5.92 Å². The summed E-state index contributed by atoms with van der Waals surface area (Å²) in [5, 5.41) is 0. The highest BCUT2D eigenvalue weighted by Crippen LogP contribution is 2.24. The molecule has 0 saturated carbocycles. The van der Waals surface area contributed by atoms with E-state index in [-0.39, 0.29) is 5.92 Å². The molecule has 3 N–H and O–H groups in total. The van der Waals surface area contributed by atoms with Crippen LogP contribution in [0.1, 0.15) is 27.2 Å². The lowest BCUT2D eigenvalue weighted by Gasteiger charge is -2.27. The van der Waals surface area contributed by atoms with Crippen LogP contribution in [0.3, 0.4) is 0 Å². The highest BCUT2D eigenvalue weighted by atomic mass is 19.3. The van der Waals surface area contributed by atoms with Gasteiger partial charge in [-0.15, -0.1) is 0 Å². The number of nitrogens with two attached hydrogens (primary N) is 1. The van der Waals surface area contributed by atoms with Crippen molar-refractivity contribution >= 4 is 0 Å². The maximum atomic E-state index is 12.7. The summed E-state index contributed by atoms with van der Waals surface area (Å²) in [6, 6.07) is -0.924. The van der Waals surface area contributed by atoms with E-state index in [4.69, 9.17) is 5.84 Å². The summed E-state index contributed by atoms with van der Waals surface area (Å²) < 4.78 is 25.4. The Kier molecular flexibility index (Phi) is 3.89. The standard InChI is InChI=1S/C7H16F2N2/c1-4-5(2)6(11-10)7(3,8)9/h5-6,11H,4,10H2,1-3H3. The SMILES string of the molecule is CCC(C)C(NN)C(C)(F)F. The number of hydrogen-bond donors (Lipinski definition) is 2. The van der Waals surface area contributed by atoms with E-state index in [0.717, 1.165) is 6.92 Å². The number of hydrogen-bond acceptors (Lipinski definition) is 2. The fourth-order valence-corrected chi connectivity index (χ4v) is 1.05. The topological polar surface area (TPSA) is 38.0 Å². The Hall–Kier alpha value is -0.220. The summed E-state index contributed by atoms with van der Waals surface area (Å²) in [7, 11) is 0. The smallest absolute Gasteiger partial charge is 0.261 e. The van der Waals surface area contributed by atoms with E-state index < -0.39 is 12.0 Å². The van der Waals surface area contributed by atoms with Gasteiger partial charge in [0.1, 0.15) is 0 Å². The molecule has 0 aromatic rings. The van der Waals surface area contributed by atoms with Crippen molar-refractivity contribution in [1.29, 1.82) is 0 Å². The Balaban J connectivity index is 4.16. The lowest BCUT2D eigenvalue weighted by Crippen LogP contribution is -2.50. The molecule has 0 aromatic heterocycles. The van der Waals surface area contributed by atoms with Crippen LogP contribution in [0.15, 0.2) is 0 Å². The van der Waals surface area contributed by atoms with E-state index in [1.807, 2.05) is 6.92 Å². The van der Waals surface area contributed by atoms with Crippen LogP contribution in [0.5, 0.6) is 0 Å². The van der Waals surface area contributed by atoms with Gasteiger partial charge in [-0.1, -0.05) is 20.3 Å². The number of alkyl halides is 2. The summed E-state index contributed by atoms with van der Waals surface area (Å²) in [5.74, 6) is 2.15. The summed E-state index contributed by atoms with van der Waals surface area (Å²) >= 11 is 0. The largest absolute Gasteiger partial charge is 0.271 e. The monoisotopic (exact) mass is 166 g/mol. The molecule has 4 heteroatoms. The van der Waals surface area contributed by atoms with Crippen LogP contribution in [0.2, 0.25) is 0 Å². The van der Waals surface area contributed by atoms with Gasteiger partial charge in [0.15, 0.2) is 0 Å². The van der Waals surface area contributed by atoms with Crippen LogP contribution < -0.4 is 11.3 Å². The third-order valence-electron chi connectivity index (χ3n) is 1.94. The maximum Gasteiger partial charge on any atom is 0.261 e. The zero-order valence-corrected chi connectivity index (χ0v) is 7.20. The van der Waals surface area contributed by atoms with Crippen molar-refractivity contribution in [2.75, 3.05) is 0 Å². The molecule has 0 rings (SSSR count). The molecule has 0 spiro atoms. The van der Waals surface area contributed by atoms with Gasteiger partial charge in [-0.3, -0.25) is 11.3 Å². The number of hydrazine groups is 1. The molecule has 0 amide bonds. The van der Waals surface area contributed by atoms with Gasteiger partial charge in [0.25, 0.3) is 5.92 Å². The van der Waals surface area contributed by atoms with Crippen LogP contribution >= 0.6 is 0 Å². The molecule has 2 atom stereocenters. The molecule has 0 bridgehead atoms. The fraction of sp³-hybridized carbons (Fsp3) is 1.00. The zero-order chi connectivity index (χ0) is 9.07. The van der Waals surface area contributed by atoms with Crippen molar-refractivity contribution in [1.82, 2.24) is 5.43 Å². The van der Waals surface area contributed by atoms with Gasteiger partial charge in [-0.25, -0.2) is 8.78 Å². The van der Waals surface area contributed by atoms with Crippen LogP contribution in [0.25, 0.3) is 0 Å². The molecule has 0 aromatic carbocycles. The predicted molar refractivity (Wildman–Crippen MR) is 41.2 cm³/mol. The molecule has 2 unspecified atom stereocenters. The molecule has 0 fully saturated rings. The maximum absolute atomic E-state index is 12.7. The van der Waals surface area contributed by atoms with Gasteiger partial charge in [0.05, 0.1) is 6.04 Å². The van der Waals surface area contributed by atoms with Crippen molar-refractivity contribution in [3.05, 3.63) is 0 Å². The molecular formula is C7H16F2N2. The minimum atomic E-state index is -2.75. The Bertz CT molecular complexity index is 111. The average molecular weight is 166 g/mol. The van der Waals surface area contributed by atoms with Crippen molar-refractivity contribution in [3.63, 3.8) is 0 Å². The Morgan fingerprint density at radius 2 is 2.00 bits per heavy atom. The summed E-state index contributed by atoms with van der Waals surface area (Å²) in [5.41, 5.74) is 2.14. The van der Waals surface area contributed by atoms with E-state index in [2.05, 4.69) is 5.43 Å². The van der Waals surface area contributed by atoms with Crippen LogP contribution in [0.4, 0.5) is 8.78 Å². The zero-order valence-electron chi connectivity index (χ0n) is 7.20. The Morgan fingerprint density at radius 1 is 1.55 bits per heavy atom. The van der Waals surface area contributed by atoms with Crippen molar-refractivity contribution in [2.45, 2.75) is 39.2 Å². The van der Waals surface area contributed by atoms with E-state index >= 15 is 0 Å².